The van der Waals surface area contributed by atoms with Gasteiger partial charge < -0.3 is 0 Å². The van der Waals surface area contributed by atoms with Crippen LogP contribution in [0.1, 0.15) is 33.9 Å². The first-order valence-electron chi connectivity index (χ1n) is 6.14. The van der Waals surface area contributed by atoms with Crippen LogP contribution in [0.3, 0.4) is 0 Å². The zero-order valence-electron chi connectivity index (χ0n) is 10.7. The van der Waals surface area contributed by atoms with E-state index < -0.39 is 0 Å². The molecule has 2 aromatic rings. The number of rotatable bonds is 1. The number of nitrogens with zero attached hydrogens (tertiary/aromatic N) is 4. The predicted octanol–water partition coefficient (Wildman–Crippen LogP) is 2.17. The number of alkyl halides is 1. The zero-order chi connectivity index (χ0) is 13.6. The van der Waals surface area contributed by atoms with Gasteiger partial charge in [-0.1, -0.05) is 15.9 Å². The van der Waals surface area contributed by atoms with E-state index >= 15 is 0 Å². The highest BCUT2D eigenvalue weighted by molar-refractivity contribution is 9.10. The van der Waals surface area contributed by atoms with Crippen LogP contribution in [0.5, 0.6) is 0 Å². The van der Waals surface area contributed by atoms with Crippen molar-refractivity contribution in [3.05, 3.63) is 34.9 Å². The summed E-state index contributed by atoms with van der Waals surface area (Å²) in [6, 6.07) is 1.92. The number of carbonyl (C=O) groups is 1. The molecule has 0 N–H and O–H groups in total. The van der Waals surface area contributed by atoms with Crippen molar-refractivity contribution < 1.29 is 4.79 Å². The average Bonchev–Trinajstić information content (AvgIpc) is 2.77. The maximum absolute atomic E-state index is 12.1. The lowest BCUT2D eigenvalue weighted by Gasteiger charge is -2.16. The van der Waals surface area contributed by atoms with Gasteiger partial charge in [0.2, 0.25) is 0 Å². The van der Waals surface area contributed by atoms with E-state index in [0.29, 0.717) is 11.5 Å². The fourth-order valence-corrected chi connectivity index (χ4v) is 2.83. The third-order valence-corrected chi connectivity index (χ3v) is 4.09. The number of hydrogen-bond donors (Lipinski definition) is 0. The number of fused-ring (bicyclic) bond motifs is 1. The number of halogens is 1. The summed E-state index contributed by atoms with van der Waals surface area (Å²) in [5.74, 6) is 0.636. The standard InChI is InChI=1S/C13H13BrN4O/c1-7-5-8(2)17-13(16-7)18-11-4-3-10(14)12(19)9(11)6-15-18/h5-6,10H,3-4H2,1-2H3. The largest absolute Gasteiger partial charge is 0.293 e. The van der Waals surface area contributed by atoms with Crippen LogP contribution < -0.4 is 0 Å². The molecule has 19 heavy (non-hydrogen) atoms. The molecular weight excluding hydrogens is 308 g/mol. The van der Waals surface area contributed by atoms with Crippen molar-refractivity contribution in [2.45, 2.75) is 31.5 Å². The minimum atomic E-state index is -0.0992. The maximum atomic E-state index is 12.1. The van der Waals surface area contributed by atoms with Gasteiger partial charge in [-0.25, -0.2) is 14.6 Å². The van der Waals surface area contributed by atoms with Gasteiger partial charge in [0, 0.05) is 11.4 Å². The molecule has 6 heteroatoms. The molecule has 1 aliphatic carbocycles. The van der Waals surface area contributed by atoms with Crippen molar-refractivity contribution in [3.63, 3.8) is 0 Å². The molecule has 1 unspecified atom stereocenters. The van der Waals surface area contributed by atoms with Gasteiger partial charge >= 0.3 is 0 Å². The molecule has 98 valence electrons. The summed E-state index contributed by atoms with van der Waals surface area (Å²) in [6.07, 6.45) is 3.20. The summed E-state index contributed by atoms with van der Waals surface area (Å²) in [6.45, 7) is 3.85. The topological polar surface area (TPSA) is 60.7 Å². The molecule has 1 aliphatic rings. The lowest BCUT2D eigenvalue weighted by molar-refractivity contribution is 0.0981. The van der Waals surface area contributed by atoms with E-state index in [4.69, 9.17) is 0 Å². The summed E-state index contributed by atoms with van der Waals surface area (Å²) >= 11 is 3.39. The molecule has 0 spiro atoms. The molecule has 0 saturated heterocycles. The Morgan fingerprint density at radius 3 is 2.68 bits per heavy atom. The number of hydrogen-bond acceptors (Lipinski definition) is 4. The molecule has 0 aliphatic heterocycles. The number of Topliss-reactive ketones (excluding diaryl/α,β-unsaturated/α-hetero) is 1. The summed E-state index contributed by atoms with van der Waals surface area (Å²) in [5, 5.41) is 4.29. The summed E-state index contributed by atoms with van der Waals surface area (Å²) < 4.78 is 1.69. The van der Waals surface area contributed by atoms with Crippen molar-refractivity contribution in [3.8, 4) is 5.95 Å². The van der Waals surface area contributed by atoms with Crippen molar-refractivity contribution in [1.82, 2.24) is 19.7 Å². The number of carbonyl (C=O) groups excluding carboxylic acids is 1. The Morgan fingerprint density at radius 2 is 2.00 bits per heavy atom. The van der Waals surface area contributed by atoms with Crippen LogP contribution in [0.2, 0.25) is 0 Å². The van der Waals surface area contributed by atoms with Crippen LogP contribution >= 0.6 is 15.9 Å². The molecule has 0 aromatic carbocycles. The Bertz CT molecular complexity index is 644. The molecule has 0 amide bonds. The lowest BCUT2D eigenvalue weighted by atomic mass is 9.97. The molecule has 2 aromatic heterocycles. The van der Waals surface area contributed by atoms with Gasteiger partial charge in [-0.2, -0.15) is 5.10 Å². The Balaban J connectivity index is 2.13. The van der Waals surface area contributed by atoms with E-state index in [1.54, 1.807) is 10.9 Å². The van der Waals surface area contributed by atoms with Gasteiger partial charge in [0.05, 0.1) is 22.3 Å². The molecular formula is C13H13BrN4O. The molecule has 0 saturated carbocycles. The Hall–Kier alpha value is -1.56. The van der Waals surface area contributed by atoms with E-state index in [0.717, 1.165) is 29.9 Å². The van der Waals surface area contributed by atoms with E-state index in [-0.39, 0.29) is 10.6 Å². The highest BCUT2D eigenvalue weighted by atomic mass is 79.9. The Labute approximate surface area is 119 Å². The monoisotopic (exact) mass is 320 g/mol. The molecule has 0 fully saturated rings. The minimum Gasteiger partial charge on any atom is -0.293 e. The van der Waals surface area contributed by atoms with Crippen LogP contribution in [-0.2, 0) is 6.42 Å². The summed E-state index contributed by atoms with van der Waals surface area (Å²) in [5.41, 5.74) is 3.38. The van der Waals surface area contributed by atoms with Gasteiger partial charge in [0.15, 0.2) is 5.78 Å². The second kappa shape index (κ2) is 4.52. The molecule has 0 bridgehead atoms. The van der Waals surface area contributed by atoms with Crippen LogP contribution in [0.4, 0.5) is 0 Å². The summed E-state index contributed by atoms with van der Waals surface area (Å²) in [4.78, 5) is 20.7. The first-order valence-corrected chi connectivity index (χ1v) is 7.05. The smallest absolute Gasteiger partial charge is 0.251 e. The van der Waals surface area contributed by atoms with Crippen LogP contribution in [0.25, 0.3) is 5.95 Å². The zero-order valence-corrected chi connectivity index (χ0v) is 12.3. The molecule has 2 heterocycles. The number of aromatic nitrogens is 4. The lowest BCUT2D eigenvalue weighted by Crippen LogP contribution is -2.23. The van der Waals surface area contributed by atoms with E-state index in [1.165, 1.54) is 0 Å². The molecule has 5 nitrogen and oxygen atoms in total. The van der Waals surface area contributed by atoms with Gasteiger partial charge in [-0.15, -0.1) is 0 Å². The molecule has 3 rings (SSSR count). The van der Waals surface area contributed by atoms with E-state index in [1.807, 2.05) is 19.9 Å². The molecule has 1 atom stereocenters. The number of aryl methyl sites for hydroxylation is 2. The third kappa shape index (κ3) is 2.10. The van der Waals surface area contributed by atoms with Crippen molar-refractivity contribution >= 4 is 21.7 Å². The van der Waals surface area contributed by atoms with Gasteiger partial charge in [-0.05, 0) is 32.8 Å². The van der Waals surface area contributed by atoms with Crippen LogP contribution in [0, 0.1) is 13.8 Å². The first kappa shape index (κ1) is 12.5. The minimum absolute atomic E-state index is 0.0943. The molecule has 0 radical (unpaired) electrons. The van der Waals surface area contributed by atoms with Gasteiger partial charge in [0.25, 0.3) is 5.95 Å². The van der Waals surface area contributed by atoms with Gasteiger partial charge in [0.1, 0.15) is 0 Å². The highest BCUT2D eigenvalue weighted by Gasteiger charge is 2.29. The second-order valence-electron chi connectivity index (χ2n) is 4.74. The Morgan fingerprint density at radius 1 is 1.32 bits per heavy atom. The van der Waals surface area contributed by atoms with E-state index in [9.17, 15) is 4.79 Å². The fraction of sp³-hybridized carbons (Fsp3) is 0.385. The Kier molecular flexibility index (Phi) is 2.97. The van der Waals surface area contributed by atoms with Crippen LogP contribution in [-0.4, -0.2) is 30.4 Å². The van der Waals surface area contributed by atoms with Crippen molar-refractivity contribution in [2.75, 3.05) is 0 Å². The van der Waals surface area contributed by atoms with E-state index in [2.05, 4.69) is 31.0 Å². The van der Waals surface area contributed by atoms with Gasteiger partial charge in [-0.3, -0.25) is 4.79 Å². The maximum Gasteiger partial charge on any atom is 0.251 e. The average molecular weight is 321 g/mol. The predicted molar refractivity (Wildman–Crippen MR) is 74.0 cm³/mol. The second-order valence-corrected chi connectivity index (χ2v) is 5.84. The SMILES string of the molecule is Cc1cc(C)nc(-n2ncc3c2CCC(Br)C3=O)n1. The number of ketones is 1. The quantitative estimate of drug-likeness (QED) is 0.755. The fourth-order valence-electron chi connectivity index (χ4n) is 2.36. The summed E-state index contributed by atoms with van der Waals surface area (Å²) in [7, 11) is 0. The normalized spacial score (nSPS) is 18.5. The van der Waals surface area contributed by atoms with Crippen molar-refractivity contribution in [2.24, 2.45) is 0 Å². The first-order chi connectivity index (χ1) is 9.06. The third-order valence-electron chi connectivity index (χ3n) is 3.21. The highest BCUT2D eigenvalue weighted by Crippen LogP contribution is 2.26. The van der Waals surface area contributed by atoms with Crippen LogP contribution in [0.15, 0.2) is 12.3 Å². The van der Waals surface area contributed by atoms with Crippen molar-refractivity contribution in [1.29, 1.82) is 0 Å².